The van der Waals surface area contributed by atoms with Crippen molar-refractivity contribution in [2.45, 2.75) is 13.8 Å². The van der Waals surface area contributed by atoms with Crippen molar-refractivity contribution in [1.29, 1.82) is 0 Å². The molecule has 0 radical (unpaired) electrons. The lowest BCUT2D eigenvalue weighted by Crippen LogP contribution is -2.15. The number of benzene rings is 1. The fourth-order valence-corrected chi connectivity index (χ4v) is 2.33. The van der Waals surface area contributed by atoms with Gasteiger partial charge in [0.1, 0.15) is 5.82 Å². The third-order valence-electron chi connectivity index (χ3n) is 3.49. The van der Waals surface area contributed by atoms with Gasteiger partial charge in [0.15, 0.2) is 0 Å². The summed E-state index contributed by atoms with van der Waals surface area (Å²) < 4.78 is 15.2. The van der Waals surface area contributed by atoms with Gasteiger partial charge in [-0.1, -0.05) is 6.58 Å². The summed E-state index contributed by atoms with van der Waals surface area (Å²) in [5.41, 5.74) is 1.74. The van der Waals surface area contributed by atoms with Crippen LogP contribution in [0, 0.1) is 19.7 Å². The Kier molecular flexibility index (Phi) is 4.44. The number of carbonyl (C=O) groups is 2. The van der Waals surface area contributed by atoms with Crippen molar-refractivity contribution in [2.24, 2.45) is 0 Å². The second-order valence-electron chi connectivity index (χ2n) is 5.53. The molecular formula is C17H15FN6O2. The highest BCUT2D eigenvalue weighted by Crippen LogP contribution is 2.20. The van der Waals surface area contributed by atoms with Gasteiger partial charge in [-0.3, -0.25) is 9.59 Å². The Morgan fingerprint density at radius 2 is 1.96 bits per heavy atom. The fraction of sp³-hybridized carbons (Fsp3) is 0.118. The van der Waals surface area contributed by atoms with E-state index in [4.69, 9.17) is 0 Å². The standard InChI is InChI=1S/C17H15FN6O2/c1-4-14(25)21-13-8-11(5-6-12(13)18)20-16(26)15-22-17-19-9(2)7-10(3)24(17)23-15/h4-8H,1H2,2-3H3,(H,20,26)(H,21,25). The molecule has 9 heteroatoms. The first kappa shape index (κ1) is 17.2. The molecule has 2 heterocycles. The van der Waals surface area contributed by atoms with Crippen LogP contribution in [-0.2, 0) is 4.79 Å². The van der Waals surface area contributed by atoms with Crippen LogP contribution in [0.25, 0.3) is 5.78 Å². The molecule has 26 heavy (non-hydrogen) atoms. The number of nitrogens with zero attached hydrogens (tertiary/aromatic N) is 4. The number of fused-ring (bicyclic) bond motifs is 1. The van der Waals surface area contributed by atoms with Gasteiger partial charge in [-0.2, -0.15) is 4.98 Å². The topological polar surface area (TPSA) is 101 Å². The molecule has 0 unspecified atom stereocenters. The van der Waals surface area contributed by atoms with E-state index in [-0.39, 0.29) is 17.2 Å². The van der Waals surface area contributed by atoms with Crippen LogP contribution >= 0.6 is 0 Å². The number of aromatic nitrogens is 4. The Morgan fingerprint density at radius 3 is 2.69 bits per heavy atom. The summed E-state index contributed by atoms with van der Waals surface area (Å²) in [5.74, 6) is -1.55. The van der Waals surface area contributed by atoms with E-state index < -0.39 is 17.6 Å². The maximum atomic E-state index is 13.8. The van der Waals surface area contributed by atoms with Crippen LogP contribution in [-0.4, -0.2) is 31.4 Å². The van der Waals surface area contributed by atoms with Gasteiger partial charge >= 0.3 is 0 Å². The van der Waals surface area contributed by atoms with Gasteiger partial charge in [0, 0.05) is 17.1 Å². The summed E-state index contributed by atoms with van der Waals surface area (Å²) in [7, 11) is 0. The molecule has 0 aliphatic rings. The zero-order valence-electron chi connectivity index (χ0n) is 14.1. The monoisotopic (exact) mass is 354 g/mol. The first-order valence-corrected chi connectivity index (χ1v) is 7.62. The molecule has 132 valence electrons. The quantitative estimate of drug-likeness (QED) is 0.700. The van der Waals surface area contributed by atoms with Crippen molar-refractivity contribution in [3.63, 3.8) is 0 Å². The largest absolute Gasteiger partial charge is 0.320 e. The Balaban J connectivity index is 1.86. The van der Waals surface area contributed by atoms with Crippen LogP contribution in [0.1, 0.15) is 22.0 Å². The molecule has 2 amide bonds. The van der Waals surface area contributed by atoms with E-state index >= 15 is 0 Å². The first-order valence-electron chi connectivity index (χ1n) is 7.62. The number of nitrogens with one attached hydrogen (secondary N) is 2. The van der Waals surface area contributed by atoms with Crippen LogP contribution < -0.4 is 10.6 Å². The third kappa shape index (κ3) is 3.41. The second-order valence-corrected chi connectivity index (χ2v) is 5.53. The van der Waals surface area contributed by atoms with E-state index in [2.05, 4.69) is 32.3 Å². The van der Waals surface area contributed by atoms with Crippen molar-refractivity contribution in [3.05, 3.63) is 59.9 Å². The molecule has 3 aromatic rings. The molecule has 0 saturated heterocycles. The molecule has 0 saturated carbocycles. The molecule has 2 N–H and O–H groups in total. The number of carbonyl (C=O) groups excluding carboxylic acids is 2. The number of halogens is 1. The summed E-state index contributed by atoms with van der Waals surface area (Å²) in [6.45, 7) is 6.95. The van der Waals surface area contributed by atoms with Crippen molar-refractivity contribution < 1.29 is 14.0 Å². The molecule has 0 atom stereocenters. The highest BCUT2D eigenvalue weighted by molar-refractivity contribution is 6.03. The molecule has 0 spiro atoms. The Hall–Kier alpha value is -3.62. The second kappa shape index (κ2) is 6.71. The van der Waals surface area contributed by atoms with Crippen LogP contribution in [0.2, 0.25) is 0 Å². The number of hydrogen-bond acceptors (Lipinski definition) is 5. The van der Waals surface area contributed by atoms with Crippen LogP contribution in [0.5, 0.6) is 0 Å². The summed E-state index contributed by atoms with van der Waals surface area (Å²) in [5, 5.41) is 9.01. The van der Waals surface area contributed by atoms with Gasteiger partial charge in [-0.25, -0.2) is 13.9 Å². The lowest BCUT2D eigenvalue weighted by atomic mass is 10.2. The van der Waals surface area contributed by atoms with Crippen molar-refractivity contribution in [3.8, 4) is 0 Å². The maximum absolute atomic E-state index is 13.8. The normalized spacial score (nSPS) is 10.6. The van der Waals surface area contributed by atoms with E-state index in [1.54, 1.807) is 0 Å². The summed E-state index contributed by atoms with van der Waals surface area (Å²) in [6.07, 6.45) is 1.02. The summed E-state index contributed by atoms with van der Waals surface area (Å²) in [4.78, 5) is 32.0. The van der Waals surface area contributed by atoms with Crippen molar-refractivity contribution in [2.75, 3.05) is 10.6 Å². The van der Waals surface area contributed by atoms with E-state index in [0.29, 0.717) is 5.78 Å². The molecule has 0 aliphatic carbocycles. The molecule has 0 fully saturated rings. The van der Waals surface area contributed by atoms with Gasteiger partial charge in [0.05, 0.1) is 5.69 Å². The minimum Gasteiger partial charge on any atom is -0.320 e. The van der Waals surface area contributed by atoms with Gasteiger partial charge in [-0.15, -0.1) is 5.10 Å². The Labute approximate surface area is 147 Å². The van der Waals surface area contributed by atoms with Crippen LogP contribution in [0.3, 0.4) is 0 Å². The average molecular weight is 354 g/mol. The predicted molar refractivity (Wildman–Crippen MR) is 93.4 cm³/mol. The molecule has 8 nitrogen and oxygen atoms in total. The fourth-order valence-electron chi connectivity index (χ4n) is 2.33. The SMILES string of the molecule is C=CC(=O)Nc1cc(NC(=O)c2nc3nc(C)cc(C)n3n2)ccc1F. The van der Waals surface area contributed by atoms with Gasteiger partial charge in [0.2, 0.25) is 11.7 Å². The molecule has 0 bridgehead atoms. The van der Waals surface area contributed by atoms with Crippen LogP contribution in [0.15, 0.2) is 36.9 Å². The van der Waals surface area contributed by atoms with Gasteiger partial charge < -0.3 is 10.6 Å². The zero-order valence-corrected chi connectivity index (χ0v) is 14.1. The highest BCUT2D eigenvalue weighted by Gasteiger charge is 2.16. The molecule has 1 aromatic carbocycles. The minimum absolute atomic E-state index is 0.0767. The number of rotatable bonds is 4. The highest BCUT2D eigenvalue weighted by atomic mass is 19.1. The number of aryl methyl sites for hydroxylation is 2. The average Bonchev–Trinajstić information content (AvgIpc) is 3.02. The predicted octanol–water partition coefficient (Wildman–Crippen LogP) is 2.26. The molecule has 0 aliphatic heterocycles. The van der Waals surface area contributed by atoms with E-state index in [1.165, 1.54) is 16.6 Å². The summed E-state index contributed by atoms with van der Waals surface area (Å²) in [6, 6.07) is 5.59. The van der Waals surface area contributed by atoms with E-state index in [1.807, 2.05) is 19.9 Å². The first-order chi connectivity index (χ1) is 12.4. The number of anilines is 2. The Bertz CT molecular complexity index is 1040. The third-order valence-corrected chi connectivity index (χ3v) is 3.49. The van der Waals surface area contributed by atoms with Crippen molar-refractivity contribution >= 4 is 29.0 Å². The van der Waals surface area contributed by atoms with Crippen LogP contribution in [0.4, 0.5) is 15.8 Å². The molecule has 2 aromatic heterocycles. The summed E-state index contributed by atoms with van der Waals surface area (Å²) >= 11 is 0. The number of amides is 2. The lowest BCUT2D eigenvalue weighted by molar-refractivity contribution is -0.111. The van der Waals surface area contributed by atoms with Gasteiger partial charge in [0.25, 0.3) is 11.7 Å². The minimum atomic E-state index is -0.639. The lowest BCUT2D eigenvalue weighted by Gasteiger charge is -2.07. The Morgan fingerprint density at radius 1 is 1.19 bits per heavy atom. The van der Waals surface area contributed by atoms with Crippen molar-refractivity contribution in [1.82, 2.24) is 19.6 Å². The van der Waals surface area contributed by atoms with E-state index in [0.717, 1.165) is 23.5 Å². The van der Waals surface area contributed by atoms with E-state index in [9.17, 15) is 14.0 Å². The molecule has 3 rings (SSSR count). The zero-order chi connectivity index (χ0) is 18.8. The smallest absolute Gasteiger partial charge is 0.295 e. The number of hydrogen-bond donors (Lipinski definition) is 2. The van der Waals surface area contributed by atoms with Gasteiger partial charge in [-0.05, 0) is 44.2 Å². The molecular weight excluding hydrogens is 339 g/mol. The maximum Gasteiger partial charge on any atom is 0.295 e.